The molecule has 2 aromatic rings. The quantitative estimate of drug-likeness (QED) is 0.835. The van der Waals surface area contributed by atoms with Gasteiger partial charge in [-0.25, -0.2) is 0 Å². The molecule has 1 atom stereocenters. The minimum Gasteiger partial charge on any atom is -0.327 e. The van der Waals surface area contributed by atoms with E-state index in [4.69, 9.17) is 5.73 Å². The van der Waals surface area contributed by atoms with Crippen LogP contribution in [0, 0.1) is 5.92 Å². The highest BCUT2D eigenvalue weighted by Gasteiger charge is 2.30. The molecule has 18 heavy (non-hydrogen) atoms. The van der Waals surface area contributed by atoms with E-state index in [1.54, 1.807) is 6.20 Å². The van der Waals surface area contributed by atoms with Gasteiger partial charge in [0.05, 0.1) is 5.52 Å². The fourth-order valence-corrected chi connectivity index (χ4v) is 2.36. The monoisotopic (exact) mass is 240 g/mol. The number of nitrogens with two attached hydrogens (primary N) is 1. The van der Waals surface area contributed by atoms with Gasteiger partial charge < -0.3 is 5.73 Å². The molecule has 0 radical (unpaired) electrons. The number of aromatic nitrogens is 1. The van der Waals surface area contributed by atoms with Crippen LogP contribution in [-0.4, -0.2) is 16.8 Å². The fourth-order valence-electron chi connectivity index (χ4n) is 2.36. The van der Waals surface area contributed by atoms with Gasteiger partial charge >= 0.3 is 0 Å². The molecule has 1 aromatic carbocycles. The van der Waals surface area contributed by atoms with Crippen LogP contribution in [0.4, 0.5) is 0 Å². The van der Waals surface area contributed by atoms with E-state index in [2.05, 4.69) is 4.98 Å². The van der Waals surface area contributed by atoms with Gasteiger partial charge in [0.15, 0.2) is 5.78 Å². The van der Waals surface area contributed by atoms with Crippen molar-refractivity contribution in [1.82, 2.24) is 4.98 Å². The van der Waals surface area contributed by atoms with E-state index in [9.17, 15) is 4.79 Å². The van der Waals surface area contributed by atoms with Crippen molar-refractivity contribution in [2.45, 2.75) is 25.3 Å². The summed E-state index contributed by atoms with van der Waals surface area (Å²) in [5.41, 5.74) is 7.64. The Balaban J connectivity index is 1.90. The number of fused-ring (bicyclic) bond motifs is 1. The van der Waals surface area contributed by atoms with Crippen molar-refractivity contribution < 1.29 is 4.79 Å². The summed E-state index contributed by atoms with van der Waals surface area (Å²) < 4.78 is 0. The number of ketones is 1. The molecule has 1 aromatic heterocycles. The molecule has 2 N–H and O–H groups in total. The Kier molecular flexibility index (Phi) is 2.84. The summed E-state index contributed by atoms with van der Waals surface area (Å²) in [7, 11) is 0. The molecule has 3 rings (SSSR count). The second kappa shape index (κ2) is 4.50. The molecule has 0 spiro atoms. The molecule has 0 aliphatic heterocycles. The summed E-state index contributed by atoms with van der Waals surface area (Å²) in [6.07, 6.45) is 4.53. The van der Waals surface area contributed by atoms with Gasteiger partial charge in [0.1, 0.15) is 0 Å². The summed E-state index contributed by atoms with van der Waals surface area (Å²) in [4.78, 5) is 16.6. The number of hydrogen-bond acceptors (Lipinski definition) is 3. The van der Waals surface area contributed by atoms with Crippen LogP contribution in [-0.2, 0) is 0 Å². The summed E-state index contributed by atoms with van der Waals surface area (Å²) in [6, 6.07) is 9.49. The largest absolute Gasteiger partial charge is 0.327 e. The van der Waals surface area contributed by atoms with Crippen LogP contribution in [0.5, 0.6) is 0 Å². The van der Waals surface area contributed by atoms with Gasteiger partial charge in [0.25, 0.3) is 0 Å². The van der Waals surface area contributed by atoms with Crippen molar-refractivity contribution in [2.24, 2.45) is 11.7 Å². The number of carbonyl (C=O) groups excluding carboxylic acids is 1. The predicted octanol–water partition coefficient (Wildman–Crippen LogP) is 2.54. The molecule has 1 unspecified atom stereocenters. The lowest BCUT2D eigenvalue weighted by atomic mass is 9.98. The molecular formula is C15H16N2O. The maximum atomic E-state index is 12.3. The number of rotatable bonds is 4. The van der Waals surface area contributed by atoms with Crippen LogP contribution in [0.1, 0.15) is 29.6 Å². The minimum absolute atomic E-state index is 0.0180. The highest BCUT2D eigenvalue weighted by Crippen LogP contribution is 2.33. The van der Waals surface area contributed by atoms with E-state index in [0.717, 1.165) is 16.5 Å². The predicted molar refractivity (Wildman–Crippen MR) is 71.4 cm³/mol. The van der Waals surface area contributed by atoms with Crippen molar-refractivity contribution in [3.8, 4) is 0 Å². The number of hydrogen-bond donors (Lipinski definition) is 1. The standard InChI is InChI=1S/C15H16N2O/c16-13(10-6-7-10)9-15(18)12-3-1-5-14-11(12)4-2-8-17-14/h1-5,8,10,13H,6-7,9,16H2. The second-order valence-electron chi connectivity index (χ2n) is 5.00. The van der Waals surface area contributed by atoms with E-state index in [-0.39, 0.29) is 11.8 Å². The van der Waals surface area contributed by atoms with E-state index in [1.807, 2.05) is 30.3 Å². The van der Waals surface area contributed by atoms with E-state index in [1.165, 1.54) is 12.8 Å². The topological polar surface area (TPSA) is 56.0 Å². The molecule has 1 aliphatic carbocycles. The Morgan fingerprint density at radius 1 is 1.33 bits per heavy atom. The summed E-state index contributed by atoms with van der Waals surface area (Å²) in [5, 5.41) is 0.924. The number of carbonyl (C=O) groups is 1. The summed E-state index contributed by atoms with van der Waals surface area (Å²) in [5.74, 6) is 0.690. The Hall–Kier alpha value is -1.74. The molecular weight excluding hydrogens is 224 g/mol. The van der Waals surface area contributed by atoms with Crippen LogP contribution in [0.15, 0.2) is 36.5 Å². The molecule has 0 bridgehead atoms. The average molecular weight is 240 g/mol. The normalized spacial score (nSPS) is 16.7. The number of pyridine rings is 1. The first kappa shape index (κ1) is 11.4. The lowest BCUT2D eigenvalue weighted by Crippen LogP contribution is -2.26. The lowest BCUT2D eigenvalue weighted by Gasteiger charge is -2.10. The molecule has 0 amide bonds. The van der Waals surface area contributed by atoms with Crippen LogP contribution in [0.2, 0.25) is 0 Å². The molecule has 3 heteroatoms. The Morgan fingerprint density at radius 2 is 2.17 bits per heavy atom. The first-order chi connectivity index (χ1) is 8.75. The molecule has 92 valence electrons. The smallest absolute Gasteiger partial charge is 0.165 e. The molecule has 1 aliphatic rings. The Labute approximate surface area is 106 Å². The first-order valence-electron chi connectivity index (χ1n) is 6.38. The van der Waals surface area contributed by atoms with Crippen molar-refractivity contribution >= 4 is 16.7 Å². The Morgan fingerprint density at radius 3 is 2.94 bits per heavy atom. The number of benzene rings is 1. The molecule has 1 heterocycles. The first-order valence-corrected chi connectivity index (χ1v) is 6.38. The van der Waals surface area contributed by atoms with Crippen molar-refractivity contribution in [1.29, 1.82) is 0 Å². The van der Waals surface area contributed by atoms with Gasteiger partial charge in [-0.2, -0.15) is 0 Å². The maximum Gasteiger partial charge on any atom is 0.165 e. The van der Waals surface area contributed by atoms with Crippen LogP contribution >= 0.6 is 0 Å². The third-order valence-corrected chi connectivity index (χ3v) is 3.59. The molecule has 1 fully saturated rings. The minimum atomic E-state index is 0.0180. The zero-order chi connectivity index (χ0) is 12.5. The third kappa shape index (κ3) is 2.14. The highest BCUT2D eigenvalue weighted by atomic mass is 16.1. The lowest BCUT2D eigenvalue weighted by molar-refractivity contribution is 0.0973. The zero-order valence-corrected chi connectivity index (χ0v) is 10.2. The summed E-state index contributed by atoms with van der Waals surface area (Å²) >= 11 is 0. The van der Waals surface area contributed by atoms with Gasteiger partial charge in [-0.15, -0.1) is 0 Å². The second-order valence-corrected chi connectivity index (χ2v) is 5.00. The molecule has 0 saturated heterocycles. The van der Waals surface area contributed by atoms with Gasteiger partial charge in [-0.3, -0.25) is 9.78 Å². The van der Waals surface area contributed by atoms with E-state index >= 15 is 0 Å². The molecule has 1 saturated carbocycles. The Bertz CT molecular complexity index is 585. The molecule has 3 nitrogen and oxygen atoms in total. The maximum absolute atomic E-state index is 12.3. The average Bonchev–Trinajstić information content (AvgIpc) is 3.22. The van der Waals surface area contributed by atoms with E-state index < -0.39 is 0 Å². The van der Waals surface area contributed by atoms with Crippen molar-refractivity contribution in [3.05, 3.63) is 42.1 Å². The summed E-state index contributed by atoms with van der Waals surface area (Å²) in [6.45, 7) is 0. The van der Waals surface area contributed by atoms with Crippen molar-refractivity contribution in [2.75, 3.05) is 0 Å². The SMILES string of the molecule is NC(CC(=O)c1cccc2ncccc12)C1CC1. The number of Topliss-reactive ketones (excluding diaryl/α,β-unsaturated/α-hetero) is 1. The van der Waals surface area contributed by atoms with Crippen molar-refractivity contribution in [3.63, 3.8) is 0 Å². The van der Waals surface area contributed by atoms with Gasteiger partial charge in [0.2, 0.25) is 0 Å². The number of nitrogens with zero attached hydrogens (tertiary/aromatic N) is 1. The van der Waals surface area contributed by atoms with Gasteiger partial charge in [0, 0.05) is 29.6 Å². The highest BCUT2D eigenvalue weighted by molar-refractivity contribution is 6.07. The van der Waals surface area contributed by atoms with Gasteiger partial charge in [-0.05, 0) is 30.9 Å². The van der Waals surface area contributed by atoms with Crippen LogP contribution in [0.25, 0.3) is 10.9 Å². The zero-order valence-electron chi connectivity index (χ0n) is 10.2. The third-order valence-electron chi connectivity index (χ3n) is 3.59. The van der Waals surface area contributed by atoms with Crippen LogP contribution < -0.4 is 5.73 Å². The fraction of sp³-hybridized carbons (Fsp3) is 0.333. The van der Waals surface area contributed by atoms with Crippen LogP contribution in [0.3, 0.4) is 0 Å². The van der Waals surface area contributed by atoms with E-state index in [0.29, 0.717) is 12.3 Å². The van der Waals surface area contributed by atoms with Gasteiger partial charge in [-0.1, -0.05) is 18.2 Å².